The van der Waals surface area contributed by atoms with E-state index in [-0.39, 0.29) is 124 Å². The fraction of sp³-hybridized carbons (Fsp3) is 0. The van der Waals surface area contributed by atoms with Crippen LogP contribution in [0.3, 0.4) is 0 Å². The van der Waals surface area contributed by atoms with Crippen LogP contribution in [0.25, 0.3) is 10.8 Å². The molecule has 31 heteroatoms. The summed E-state index contributed by atoms with van der Waals surface area (Å²) in [5, 5.41) is 30.9. The van der Waals surface area contributed by atoms with E-state index in [1.54, 1.807) is 0 Å². The third-order valence-electron chi connectivity index (χ3n) is 6.68. The van der Waals surface area contributed by atoms with Crippen molar-refractivity contribution in [3.63, 3.8) is 0 Å². The number of fused-ring (bicyclic) bond motifs is 1. The number of phenols is 1. The summed E-state index contributed by atoms with van der Waals surface area (Å²) in [7, 11) is -21.2. The molecule has 278 valence electrons. The average Bonchev–Trinajstić information content (AvgIpc) is 3.02. The van der Waals surface area contributed by atoms with Crippen molar-refractivity contribution in [2.24, 2.45) is 10.2 Å². The standard InChI is InChI=1S/C26H18ClN7O15S4.4Na/c27-24-30-25(28-15-6-5-12(50(38,39)40)9-14(15)23(36)37)32-26(31-24)29-17-10-13(51(41,42)43)7-11-8-19(53(47,48)49)21(22(35)20(11)17)34-33-16-3-1-2-4-18(16)52(44,45)46;;;;/h1-10,35H,(H,36,37)(H,38,39,40)(H,41,42,43)(H,44,45,46)(H,47,48,49)(H2,28,29,30,31,32);;;;/q;4*+1/p-4. The Hall–Kier alpha value is -1.45. The smallest absolute Gasteiger partial charge is 0.744 e. The van der Waals surface area contributed by atoms with E-state index in [2.05, 4.69) is 35.8 Å². The van der Waals surface area contributed by atoms with E-state index >= 15 is 0 Å². The molecule has 0 bridgehead atoms. The van der Waals surface area contributed by atoms with Crippen molar-refractivity contribution < 1.29 is 185 Å². The zero-order chi connectivity index (χ0) is 39.3. The molecule has 0 amide bonds. The number of nitrogens with one attached hydrogen (secondary N) is 2. The number of nitrogens with zero attached hydrogens (tertiary/aromatic N) is 5. The largest absolute Gasteiger partial charge is 1.00 e. The average molecular weight is 920 g/mol. The van der Waals surface area contributed by atoms with E-state index < -0.39 is 122 Å². The molecule has 0 aliphatic carbocycles. The summed E-state index contributed by atoms with van der Waals surface area (Å²) in [4.78, 5) is 19.0. The van der Waals surface area contributed by atoms with Gasteiger partial charge in [-0.05, 0) is 65.5 Å². The summed E-state index contributed by atoms with van der Waals surface area (Å²) in [6.07, 6.45) is 0. The van der Waals surface area contributed by atoms with Crippen LogP contribution in [0.2, 0.25) is 5.28 Å². The molecule has 0 radical (unpaired) electrons. The van der Waals surface area contributed by atoms with Crippen LogP contribution in [0.4, 0.5) is 34.6 Å². The number of anilines is 4. The van der Waals surface area contributed by atoms with Crippen molar-refractivity contribution in [3.05, 3.63) is 71.5 Å². The molecule has 22 nitrogen and oxygen atoms in total. The van der Waals surface area contributed by atoms with Crippen LogP contribution in [-0.2, 0) is 40.5 Å². The number of aromatic nitrogens is 3. The number of azo groups is 1. The molecule has 4 N–H and O–H groups in total. The molecule has 0 aliphatic heterocycles. The summed E-state index contributed by atoms with van der Waals surface area (Å²) in [6.45, 7) is 0. The topological polar surface area (TPSA) is 374 Å². The Morgan fingerprint density at radius 1 is 0.649 bits per heavy atom. The molecule has 0 spiro atoms. The maximum atomic E-state index is 12.3. The zero-order valence-corrected chi connectivity index (χ0v) is 41.2. The first kappa shape index (κ1) is 53.6. The fourth-order valence-corrected chi connectivity index (χ4v) is 6.96. The molecular formula is C26H14ClN7Na4O15S4. The van der Waals surface area contributed by atoms with E-state index in [0.717, 1.165) is 30.3 Å². The van der Waals surface area contributed by atoms with Gasteiger partial charge in [0.25, 0.3) is 0 Å². The zero-order valence-electron chi connectivity index (χ0n) is 29.2. The molecule has 0 unspecified atom stereocenters. The maximum Gasteiger partial charge on any atom is 1.00 e. The minimum atomic E-state index is -5.61. The van der Waals surface area contributed by atoms with Gasteiger partial charge < -0.3 is 39.1 Å². The Morgan fingerprint density at radius 2 is 1.19 bits per heavy atom. The molecular weight excluding hydrogens is 906 g/mol. The summed E-state index contributed by atoms with van der Waals surface area (Å²) in [5.41, 5.74) is -3.48. The van der Waals surface area contributed by atoms with E-state index in [1.165, 1.54) is 6.07 Å². The van der Waals surface area contributed by atoms with Crippen molar-refractivity contribution in [2.75, 3.05) is 10.6 Å². The maximum absolute atomic E-state index is 12.3. The van der Waals surface area contributed by atoms with Gasteiger partial charge in [-0.3, -0.25) is 0 Å². The Labute approximate surface area is 415 Å². The predicted molar refractivity (Wildman–Crippen MR) is 173 cm³/mol. The van der Waals surface area contributed by atoms with Gasteiger partial charge in [0, 0.05) is 5.39 Å². The molecule has 1 heterocycles. The number of benzene rings is 4. The number of hydrogen-bond acceptors (Lipinski definition) is 21. The molecule has 0 saturated carbocycles. The van der Waals surface area contributed by atoms with Crippen LogP contribution in [0.15, 0.2) is 90.5 Å². The minimum absolute atomic E-state index is 0. The van der Waals surface area contributed by atoms with E-state index in [0.29, 0.717) is 24.3 Å². The number of carboxylic acid groups (broad SMARTS) is 1. The Kier molecular flexibility index (Phi) is 19.2. The van der Waals surface area contributed by atoms with Gasteiger partial charge in [0.15, 0.2) is 5.75 Å². The van der Waals surface area contributed by atoms with Crippen molar-refractivity contribution >= 4 is 103 Å². The van der Waals surface area contributed by atoms with Gasteiger partial charge in [0.05, 0.1) is 36.5 Å². The number of aromatic carboxylic acids is 1. The van der Waals surface area contributed by atoms with Crippen LogP contribution in [-0.4, -0.2) is 83.0 Å². The van der Waals surface area contributed by atoms with Crippen LogP contribution in [0.1, 0.15) is 10.4 Å². The summed E-state index contributed by atoms with van der Waals surface area (Å²) >= 11 is 6.00. The van der Waals surface area contributed by atoms with Crippen molar-refractivity contribution in [3.8, 4) is 5.75 Å². The Morgan fingerprint density at radius 3 is 1.72 bits per heavy atom. The predicted octanol–water partition coefficient (Wildman–Crippen LogP) is -9.38. The van der Waals surface area contributed by atoms with Crippen LogP contribution in [0, 0.1) is 0 Å². The second-order valence-corrected chi connectivity index (χ2v) is 15.9. The van der Waals surface area contributed by atoms with Gasteiger partial charge in [-0.15, -0.1) is 10.2 Å². The minimum Gasteiger partial charge on any atom is -0.744 e. The molecule has 0 fully saturated rings. The summed E-state index contributed by atoms with van der Waals surface area (Å²) in [5.74, 6) is -4.12. The normalized spacial score (nSPS) is 11.7. The first-order valence-corrected chi connectivity index (χ1v) is 19.5. The monoisotopic (exact) mass is 919 g/mol. The number of aromatic hydroxyl groups is 1. The third-order valence-corrected chi connectivity index (χ3v) is 10.2. The van der Waals surface area contributed by atoms with Crippen molar-refractivity contribution in [1.29, 1.82) is 0 Å². The quantitative estimate of drug-likeness (QED) is 0.0543. The van der Waals surface area contributed by atoms with E-state index in [4.69, 9.17) is 11.6 Å². The number of phenolic OH excluding ortho intramolecular Hbond substituents is 1. The number of rotatable bonds is 11. The molecule has 0 aliphatic rings. The molecule has 57 heavy (non-hydrogen) atoms. The van der Waals surface area contributed by atoms with Crippen LogP contribution >= 0.6 is 11.6 Å². The van der Waals surface area contributed by atoms with Crippen LogP contribution in [0.5, 0.6) is 5.75 Å². The number of carboxylic acids is 1. The van der Waals surface area contributed by atoms with Gasteiger partial charge >= 0.3 is 124 Å². The number of halogens is 1. The van der Waals surface area contributed by atoms with Crippen molar-refractivity contribution in [1.82, 2.24) is 15.0 Å². The second kappa shape index (κ2) is 20.4. The summed E-state index contributed by atoms with van der Waals surface area (Å²) < 4.78 is 142. The van der Waals surface area contributed by atoms with Crippen LogP contribution < -0.4 is 129 Å². The number of hydrogen-bond donors (Lipinski definition) is 4. The molecule has 4 aromatic carbocycles. The van der Waals surface area contributed by atoms with Gasteiger partial charge in [0.2, 0.25) is 17.2 Å². The molecule has 5 aromatic rings. The molecule has 1 aromatic heterocycles. The fourth-order valence-electron chi connectivity index (χ4n) is 4.51. The van der Waals surface area contributed by atoms with E-state index in [1.807, 2.05) is 0 Å². The Balaban J connectivity index is 0.00000406. The number of carbonyl (C=O) groups is 1. The van der Waals surface area contributed by atoms with E-state index in [9.17, 15) is 66.9 Å². The third kappa shape index (κ3) is 13.0. The van der Waals surface area contributed by atoms with Crippen molar-refractivity contribution in [2.45, 2.75) is 19.6 Å². The van der Waals surface area contributed by atoms with Gasteiger partial charge in [-0.2, -0.15) is 15.0 Å². The second-order valence-electron chi connectivity index (χ2n) is 10.1. The van der Waals surface area contributed by atoms with Gasteiger partial charge in [-0.25, -0.2) is 38.5 Å². The molecule has 5 rings (SSSR count). The SMILES string of the molecule is O=C(O)c1cc(S(=O)(=O)[O-])ccc1Nc1nc(Cl)nc(Nc2cc(S(=O)(=O)[O-])cc3cc(S(=O)(=O)[O-])c(N=Nc4ccccc4S(=O)(=O)[O-])c(O)c23)n1.[Na+].[Na+].[Na+].[Na+]. The summed E-state index contributed by atoms with van der Waals surface area (Å²) in [6, 6.07) is 8.10. The molecule has 0 saturated heterocycles. The first-order chi connectivity index (χ1) is 24.4. The van der Waals surface area contributed by atoms with Gasteiger partial charge in [0.1, 0.15) is 51.8 Å². The first-order valence-electron chi connectivity index (χ1n) is 13.4. The van der Waals surface area contributed by atoms with Gasteiger partial charge in [-0.1, -0.05) is 12.1 Å². The Bertz CT molecular complexity index is 2880. The molecule has 0 atom stereocenters.